The van der Waals surface area contributed by atoms with Crippen molar-refractivity contribution < 1.29 is 19.0 Å². The highest BCUT2D eigenvalue weighted by Gasteiger charge is 2.10. The fourth-order valence-corrected chi connectivity index (χ4v) is 2.21. The Morgan fingerprint density at radius 2 is 1.76 bits per heavy atom. The van der Waals surface area contributed by atoms with E-state index in [0.717, 1.165) is 5.56 Å². The normalized spacial score (nSPS) is 10.2. The first-order valence-corrected chi connectivity index (χ1v) is 8.10. The molecule has 0 unspecified atom stereocenters. The number of rotatable bonds is 8. The number of esters is 1. The maximum atomic E-state index is 11.8. The minimum Gasteiger partial charge on any atom is -0.490 e. The third kappa shape index (κ3) is 5.85. The van der Waals surface area contributed by atoms with Gasteiger partial charge in [-0.15, -0.1) is 0 Å². The molecule has 5 heteroatoms. The number of hydrogen-bond donors (Lipinski definition) is 0. The number of benzene rings is 2. The van der Waals surface area contributed by atoms with Crippen LogP contribution in [-0.4, -0.2) is 25.8 Å². The zero-order chi connectivity index (χ0) is 18.1. The molecule has 0 radical (unpaired) electrons. The zero-order valence-electron chi connectivity index (χ0n) is 14.4. The molecule has 0 bridgehead atoms. The van der Waals surface area contributed by atoms with Gasteiger partial charge in [0.15, 0.2) is 6.61 Å². The van der Waals surface area contributed by atoms with Crippen LogP contribution >= 0.6 is 0 Å². The molecule has 0 aliphatic heterocycles. The summed E-state index contributed by atoms with van der Waals surface area (Å²) in [6.07, 6.45) is 0. The highest BCUT2D eigenvalue weighted by molar-refractivity contribution is 5.71. The summed E-state index contributed by atoms with van der Waals surface area (Å²) >= 11 is 0. The van der Waals surface area contributed by atoms with Crippen molar-refractivity contribution in [3.05, 3.63) is 59.7 Å². The van der Waals surface area contributed by atoms with Gasteiger partial charge in [-0.25, -0.2) is 4.79 Å². The molecular formula is C20H21NO4. The van der Waals surface area contributed by atoms with E-state index in [2.05, 4.69) is 13.8 Å². The van der Waals surface area contributed by atoms with Gasteiger partial charge in [-0.2, -0.15) is 5.26 Å². The van der Waals surface area contributed by atoms with Crippen LogP contribution in [0.25, 0.3) is 0 Å². The Morgan fingerprint density at radius 1 is 1.04 bits per heavy atom. The Kier molecular flexibility index (Phi) is 6.85. The second-order valence-corrected chi connectivity index (χ2v) is 5.69. The van der Waals surface area contributed by atoms with Gasteiger partial charge in [0.1, 0.15) is 24.7 Å². The maximum absolute atomic E-state index is 11.8. The Bertz CT molecular complexity index is 732. The molecular weight excluding hydrogens is 318 g/mol. The van der Waals surface area contributed by atoms with Crippen LogP contribution < -0.4 is 9.47 Å². The van der Waals surface area contributed by atoms with Crippen LogP contribution in [0.1, 0.15) is 30.9 Å². The summed E-state index contributed by atoms with van der Waals surface area (Å²) in [6, 6.07) is 16.4. The van der Waals surface area contributed by atoms with Crippen molar-refractivity contribution in [2.45, 2.75) is 19.8 Å². The third-order valence-corrected chi connectivity index (χ3v) is 3.49. The van der Waals surface area contributed by atoms with Gasteiger partial charge in [0, 0.05) is 0 Å². The lowest BCUT2D eigenvalue weighted by Gasteiger charge is -2.13. The second-order valence-electron chi connectivity index (χ2n) is 5.69. The van der Waals surface area contributed by atoms with Crippen molar-refractivity contribution in [1.82, 2.24) is 0 Å². The quantitative estimate of drug-likeness (QED) is 0.542. The Hall–Kier alpha value is -3.00. The predicted octanol–water partition coefficient (Wildman–Crippen LogP) is 3.68. The summed E-state index contributed by atoms with van der Waals surface area (Å²) in [4.78, 5) is 11.8. The molecule has 2 rings (SSSR count). The molecule has 2 aromatic carbocycles. The molecule has 130 valence electrons. The van der Waals surface area contributed by atoms with Crippen LogP contribution in [0.3, 0.4) is 0 Å². The van der Waals surface area contributed by atoms with Crippen molar-refractivity contribution in [3.8, 4) is 17.6 Å². The molecule has 0 saturated carbocycles. The van der Waals surface area contributed by atoms with E-state index in [9.17, 15) is 4.79 Å². The smallest absolute Gasteiger partial charge is 0.344 e. The summed E-state index contributed by atoms with van der Waals surface area (Å²) in [5, 5.41) is 8.72. The average molecular weight is 339 g/mol. The average Bonchev–Trinajstić information content (AvgIpc) is 2.64. The molecule has 0 aromatic heterocycles. The molecule has 0 atom stereocenters. The van der Waals surface area contributed by atoms with Gasteiger partial charge >= 0.3 is 5.97 Å². The van der Waals surface area contributed by atoms with E-state index in [1.807, 2.05) is 30.3 Å². The van der Waals surface area contributed by atoms with Gasteiger partial charge in [-0.1, -0.05) is 32.0 Å². The molecule has 5 nitrogen and oxygen atoms in total. The van der Waals surface area contributed by atoms with Crippen LogP contribution in [0.4, 0.5) is 0 Å². The van der Waals surface area contributed by atoms with Crippen molar-refractivity contribution in [1.29, 1.82) is 5.26 Å². The molecule has 25 heavy (non-hydrogen) atoms. The van der Waals surface area contributed by atoms with Gasteiger partial charge in [0.2, 0.25) is 0 Å². The van der Waals surface area contributed by atoms with E-state index in [1.54, 1.807) is 24.3 Å². The lowest BCUT2D eigenvalue weighted by atomic mass is 10.0. The second kappa shape index (κ2) is 9.33. The summed E-state index contributed by atoms with van der Waals surface area (Å²) in [5.41, 5.74) is 1.62. The number of hydrogen-bond acceptors (Lipinski definition) is 5. The molecule has 0 N–H and O–H groups in total. The molecule has 0 aliphatic rings. The minimum atomic E-state index is -0.443. The van der Waals surface area contributed by atoms with Crippen molar-refractivity contribution in [2.75, 3.05) is 19.8 Å². The SMILES string of the molecule is CC(C)c1ccccc1OCC(=O)OCCOc1ccc(C#N)cc1. The predicted molar refractivity (Wildman–Crippen MR) is 93.6 cm³/mol. The Balaban J connectivity index is 1.70. The van der Waals surface area contributed by atoms with E-state index in [-0.39, 0.29) is 19.8 Å². The first-order valence-electron chi connectivity index (χ1n) is 8.10. The van der Waals surface area contributed by atoms with E-state index < -0.39 is 5.97 Å². The summed E-state index contributed by atoms with van der Waals surface area (Å²) in [7, 11) is 0. The number of para-hydroxylation sites is 1. The zero-order valence-corrected chi connectivity index (χ0v) is 14.4. The lowest BCUT2D eigenvalue weighted by molar-refractivity contribution is -0.146. The third-order valence-electron chi connectivity index (χ3n) is 3.49. The van der Waals surface area contributed by atoms with Crippen LogP contribution in [0.5, 0.6) is 11.5 Å². The number of ether oxygens (including phenoxy) is 3. The molecule has 0 spiro atoms. The summed E-state index contributed by atoms with van der Waals surface area (Å²) in [6.45, 7) is 4.37. The van der Waals surface area contributed by atoms with Crippen LogP contribution in [-0.2, 0) is 9.53 Å². The van der Waals surface area contributed by atoms with Gasteiger partial charge in [0.05, 0.1) is 11.6 Å². The van der Waals surface area contributed by atoms with Gasteiger partial charge in [-0.3, -0.25) is 0 Å². The van der Waals surface area contributed by atoms with Gasteiger partial charge in [-0.05, 0) is 41.8 Å². The highest BCUT2D eigenvalue weighted by atomic mass is 16.6. The molecule has 0 fully saturated rings. The van der Waals surface area contributed by atoms with Crippen molar-refractivity contribution >= 4 is 5.97 Å². The molecule has 0 amide bonds. The minimum absolute atomic E-state index is 0.133. The number of carbonyl (C=O) groups is 1. The number of nitrogens with zero attached hydrogens (tertiary/aromatic N) is 1. The van der Waals surface area contributed by atoms with Crippen LogP contribution in [0.2, 0.25) is 0 Å². The summed E-state index contributed by atoms with van der Waals surface area (Å²) < 4.78 is 16.1. The Labute approximate surface area is 147 Å². The molecule has 0 aliphatic carbocycles. The monoisotopic (exact) mass is 339 g/mol. The fourth-order valence-electron chi connectivity index (χ4n) is 2.21. The van der Waals surface area contributed by atoms with Crippen molar-refractivity contribution in [2.24, 2.45) is 0 Å². The molecule has 0 heterocycles. The van der Waals surface area contributed by atoms with E-state index in [1.165, 1.54) is 0 Å². The number of carbonyl (C=O) groups excluding carboxylic acids is 1. The highest BCUT2D eigenvalue weighted by Crippen LogP contribution is 2.25. The standard InChI is InChI=1S/C20H21NO4/c1-15(2)18-5-3-4-6-19(18)25-14-20(22)24-12-11-23-17-9-7-16(13-21)8-10-17/h3-10,15H,11-12,14H2,1-2H3. The van der Waals surface area contributed by atoms with Gasteiger partial charge in [0.25, 0.3) is 0 Å². The first-order chi connectivity index (χ1) is 12.1. The molecule has 0 saturated heterocycles. The van der Waals surface area contributed by atoms with Crippen LogP contribution in [0, 0.1) is 11.3 Å². The maximum Gasteiger partial charge on any atom is 0.344 e. The fraction of sp³-hybridized carbons (Fsp3) is 0.300. The molecule has 2 aromatic rings. The van der Waals surface area contributed by atoms with Crippen molar-refractivity contribution in [3.63, 3.8) is 0 Å². The van der Waals surface area contributed by atoms with Gasteiger partial charge < -0.3 is 14.2 Å². The Morgan fingerprint density at radius 3 is 2.44 bits per heavy atom. The topological polar surface area (TPSA) is 68.6 Å². The van der Waals surface area contributed by atoms with E-state index in [0.29, 0.717) is 23.0 Å². The largest absolute Gasteiger partial charge is 0.490 e. The van der Waals surface area contributed by atoms with Crippen LogP contribution in [0.15, 0.2) is 48.5 Å². The lowest BCUT2D eigenvalue weighted by Crippen LogP contribution is -2.18. The summed E-state index contributed by atoms with van der Waals surface area (Å²) in [5.74, 6) is 1.19. The van der Waals surface area contributed by atoms with E-state index in [4.69, 9.17) is 19.5 Å². The number of nitriles is 1. The first kappa shape index (κ1) is 18.3. The van der Waals surface area contributed by atoms with E-state index >= 15 is 0 Å².